The summed E-state index contributed by atoms with van der Waals surface area (Å²) >= 11 is -11.2. The van der Waals surface area contributed by atoms with Crippen LogP contribution in [-0.4, -0.2) is 57.4 Å². The second-order valence-electron chi connectivity index (χ2n) is 4.19. The van der Waals surface area contributed by atoms with E-state index in [1.165, 1.54) is 6.54 Å². The molecule has 2 nitrogen and oxygen atoms in total. The summed E-state index contributed by atoms with van der Waals surface area (Å²) in [6, 6.07) is 0. The second kappa shape index (κ2) is 3.92. The molecule has 1 rings (SSSR count). The number of rotatable bonds is 1. The Labute approximate surface area is 92.6 Å². The first-order chi connectivity index (χ1) is 6.62. The van der Waals surface area contributed by atoms with Gasteiger partial charge < -0.3 is 9.22 Å². The molecular formula is C7H16F6NOSb. The first-order valence-corrected chi connectivity index (χ1v) is 10.4. The third kappa shape index (κ3) is 10.8. The minimum absolute atomic E-state index is 0.449. The van der Waals surface area contributed by atoms with Gasteiger partial charge in [-0.2, -0.15) is 0 Å². The molecule has 16 heavy (non-hydrogen) atoms. The van der Waals surface area contributed by atoms with Crippen LogP contribution >= 0.6 is 0 Å². The van der Waals surface area contributed by atoms with Crippen molar-refractivity contribution in [3.05, 3.63) is 0 Å². The van der Waals surface area contributed by atoms with Crippen LogP contribution in [0.25, 0.3) is 0 Å². The first-order valence-electron chi connectivity index (χ1n) is 4.62. The maximum absolute atomic E-state index is 11.2. The zero-order valence-electron chi connectivity index (χ0n) is 9.27. The van der Waals surface area contributed by atoms with E-state index in [4.69, 9.17) is 4.74 Å². The average molecular weight is 366 g/mol. The summed E-state index contributed by atoms with van der Waals surface area (Å²) in [6.45, 7) is 4.28. The van der Waals surface area contributed by atoms with E-state index in [1.54, 1.807) is 0 Å². The maximum atomic E-state index is 9.93. The van der Waals surface area contributed by atoms with Crippen molar-refractivity contribution in [3.8, 4) is 0 Å². The van der Waals surface area contributed by atoms with E-state index in [9.17, 15) is 16.9 Å². The molecule has 102 valence electrons. The Hall–Kier alpha value is 0.318. The fraction of sp³-hybridized carbons (Fsp3) is 1.00. The first kappa shape index (κ1) is 16.3. The quantitative estimate of drug-likeness (QED) is 0.394. The fourth-order valence-electron chi connectivity index (χ4n) is 1.38. The van der Waals surface area contributed by atoms with E-state index in [2.05, 4.69) is 21.0 Å². The van der Waals surface area contributed by atoms with Gasteiger partial charge in [-0.3, -0.25) is 0 Å². The molecule has 0 amide bonds. The van der Waals surface area contributed by atoms with Gasteiger partial charge >= 0.3 is 36.4 Å². The van der Waals surface area contributed by atoms with Gasteiger partial charge in [0.05, 0.1) is 14.1 Å². The van der Waals surface area contributed by atoms with E-state index in [0.717, 1.165) is 17.5 Å². The number of halogens is 6. The SMILES string of the molecule is CCC1OCC[N+]1(C)C.[F][Sb-]([F])([F])([F])([F])[F]. The fourth-order valence-corrected chi connectivity index (χ4v) is 1.38. The molecular weight excluding hydrogens is 350 g/mol. The number of hydrogen-bond donors (Lipinski definition) is 0. The van der Waals surface area contributed by atoms with Crippen molar-refractivity contribution >= 4 is 19.5 Å². The van der Waals surface area contributed by atoms with E-state index in [0.29, 0.717) is 6.23 Å². The van der Waals surface area contributed by atoms with Gasteiger partial charge in [0.2, 0.25) is 0 Å². The Bertz CT molecular complexity index is 235. The molecule has 0 aromatic heterocycles. The van der Waals surface area contributed by atoms with Crippen molar-refractivity contribution in [2.24, 2.45) is 0 Å². The van der Waals surface area contributed by atoms with Crippen LogP contribution in [-0.2, 0) is 4.74 Å². The van der Waals surface area contributed by atoms with Crippen LogP contribution in [0.5, 0.6) is 0 Å². The second-order valence-corrected chi connectivity index (χ2v) is 9.66. The molecule has 1 unspecified atom stereocenters. The van der Waals surface area contributed by atoms with Gasteiger partial charge in [0.25, 0.3) is 0 Å². The molecule has 0 radical (unpaired) electrons. The molecule has 1 fully saturated rings. The van der Waals surface area contributed by atoms with Gasteiger partial charge in [0, 0.05) is 6.42 Å². The monoisotopic (exact) mass is 365 g/mol. The Morgan fingerprint density at radius 3 is 1.62 bits per heavy atom. The average Bonchev–Trinajstić information content (AvgIpc) is 2.21. The van der Waals surface area contributed by atoms with Crippen LogP contribution in [0.15, 0.2) is 0 Å². The topological polar surface area (TPSA) is 9.23 Å². The van der Waals surface area contributed by atoms with Gasteiger partial charge in [0.15, 0.2) is 6.23 Å². The molecule has 1 aliphatic rings. The molecule has 0 aromatic rings. The van der Waals surface area contributed by atoms with Crippen LogP contribution in [0.1, 0.15) is 13.3 Å². The van der Waals surface area contributed by atoms with Crippen molar-refractivity contribution in [2.75, 3.05) is 27.2 Å². The zero-order valence-corrected chi connectivity index (χ0v) is 11.8. The molecule has 0 bridgehead atoms. The number of hydrogen-bond acceptors (Lipinski definition) is 1. The number of nitrogens with zero attached hydrogens (tertiary/aromatic N) is 1. The summed E-state index contributed by atoms with van der Waals surface area (Å²) in [4.78, 5) is 0. The minimum atomic E-state index is -11.2. The summed E-state index contributed by atoms with van der Waals surface area (Å²) in [5.74, 6) is 0. The van der Waals surface area contributed by atoms with Gasteiger partial charge in [0.1, 0.15) is 13.2 Å². The van der Waals surface area contributed by atoms with Gasteiger partial charge in [-0.1, -0.05) is 6.92 Å². The third-order valence-corrected chi connectivity index (χ3v) is 2.11. The van der Waals surface area contributed by atoms with Crippen molar-refractivity contribution in [1.82, 2.24) is 0 Å². The van der Waals surface area contributed by atoms with Gasteiger partial charge in [-0.15, -0.1) is 0 Å². The Morgan fingerprint density at radius 2 is 1.50 bits per heavy atom. The summed E-state index contributed by atoms with van der Waals surface area (Å²) in [5.41, 5.74) is 0. The predicted molar refractivity (Wildman–Crippen MR) is 49.4 cm³/mol. The molecule has 9 heteroatoms. The summed E-state index contributed by atoms with van der Waals surface area (Å²) in [7, 11) is 4.45. The third-order valence-electron chi connectivity index (χ3n) is 2.11. The van der Waals surface area contributed by atoms with Gasteiger partial charge in [-0.25, -0.2) is 0 Å². The standard InChI is InChI=1S/C7H16NO.6FH.Sb/c1-4-7-8(2,3)5-6-9-7;;;;;;;/h7H,4-6H2,1-3H3;6*1H;/q+1;;;;;;;+5/p-6. The molecule has 0 spiro atoms. The van der Waals surface area contributed by atoms with Crippen molar-refractivity contribution < 1.29 is 26.1 Å². The Balaban J connectivity index is 0.000000293. The van der Waals surface area contributed by atoms with E-state index < -0.39 is 19.5 Å². The molecule has 0 saturated carbocycles. The predicted octanol–water partition coefficient (Wildman–Crippen LogP) is 2.97. The van der Waals surface area contributed by atoms with Crippen LogP contribution in [0.4, 0.5) is 16.9 Å². The molecule has 0 N–H and O–H groups in total. The van der Waals surface area contributed by atoms with Crippen LogP contribution in [0.2, 0.25) is 0 Å². The van der Waals surface area contributed by atoms with Gasteiger partial charge in [-0.05, 0) is 0 Å². The van der Waals surface area contributed by atoms with E-state index in [1.807, 2.05) is 0 Å². The summed E-state index contributed by atoms with van der Waals surface area (Å²) < 4.78 is 66.1. The molecule has 1 heterocycles. The number of quaternary nitrogens is 1. The van der Waals surface area contributed by atoms with Crippen molar-refractivity contribution in [2.45, 2.75) is 19.6 Å². The summed E-state index contributed by atoms with van der Waals surface area (Å²) in [5, 5.41) is 0. The van der Waals surface area contributed by atoms with E-state index in [-0.39, 0.29) is 0 Å². The molecule has 1 aliphatic heterocycles. The Morgan fingerprint density at radius 1 is 1.12 bits per heavy atom. The molecule has 1 saturated heterocycles. The molecule has 0 aromatic carbocycles. The molecule has 0 aliphatic carbocycles. The van der Waals surface area contributed by atoms with E-state index >= 15 is 0 Å². The van der Waals surface area contributed by atoms with Crippen LogP contribution in [0, 0.1) is 0 Å². The zero-order chi connectivity index (χ0) is 13.3. The van der Waals surface area contributed by atoms with Crippen molar-refractivity contribution in [1.29, 1.82) is 0 Å². The van der Waals surface area contributed by atoms with Crippen LogP contribution in [0.3, 0.4) is 0 Å². The Kier molecular flexibility index (Phi) is 3.99. The van der Waals surface area contributed by atoms with Crippen LogP contribution < -0.4 is 0 Å². The number of ether oxygens (including phenoxy) is 1. The normalized spacial score (nSPS) is 28.7. The number of likely N-dealkylation sites (N-methyl/N-ethyl adjacent to an activating group) is 1. The van der Waals surface area contributed by atoms with Crippen molar-refractivity contribution in [3.63, 3.8) is 0 Å². The molecule has 1 atom stereocenters. The summed E-state index contributed by atoms with van der Waals surface area (Å²) in [6.07, 6.45) is 1.58.